The zero-order valence-corrected chi connectivity index (χ0v) is 12.9. The fraction of sp³-hybridized carbons (Fsp3) is 0.438. The molecule has 0 atom stereocenters. The van der Waals surface area contributed by atoms with E-state index in [0.717, 1.165) is 0 Å². The maximum absolute atomic E-state index is 12.3. The summed E-state index contributed by atoms with van der Waals surface area (Å²) in [5.74, 6) is -0.217. The van der Waals surface area contributed by atoms with Crippen LogP contribution in [0.3, 0.4) is 0 Å². The molecule has 1 aromatic rings. The van der Waals surface area contributed by atoms with Crippen LogP contribution in [0.1, 0.15) is 26.7 Å². The Morgan fingerprint density at radius 1 is 1.05 bits per heavy atom. The molecule has 1 fully saturated rings. The van der Waals surface area contributed by atoms with Crippen molar-refractivity contribution in [3.63, 3.8) is 0 Å². The first-order valence-electron chi connectivity index (χ1n) is 7.39. The van der Waals surface area contributed by atoms with Crippen molar-refractivity contribution in [1.82, 2.24) is 4.90 Å². The molecule has 0 aromatic heterocycles. The van der Waals surface area contributed by atoms with Crippen LogP contribution in [0.15, 0.2) is 24.3 Å². The Bertz CT molecular complexity index is 578. The minimum atomic E-state index is -0.153. The minimum absolute atomic E-state index is 0.0387. The van der Waals surface area contributed by atoms with E-state index in [1.807, 2.05) is 0 Å². The molecule has 0 saturated carbocycles. The van der Waals surface area contributed by atoms with Crippen LogP contribution in [0.2, 0.25) is 0 Å². The van der Waals surface area contributed by atoms with Gasteiger partial charge in [0.1, 0.15) is 0 Å². The Kier molecular flexibility index (Phi) is 5.14. The molecular weight excluding hydrogens is 282 g/mol. The van der Waals surface area contributed by atoms with Gasteiger partial charge < -0.3 is 15.5 Å². The molecule has 0 bridgehead atoms. The summed E-state index contributed by atoms with van der Waals surface area (Å²) in [6.45, 7) is 4.24. The van der Waals surface area contributed by atoms with Gasteiger partial charge in [0.05, 0.1) is 0 Å². The topological polar surface area (TPSA) is 78.5 Å². The van der Waals surface area contributed by atoms with Crippen LogP contribution in [0.4, 0.5) is 11.4 Å². The lowest BCUT2D eigenvalue weighted by Crippen LogP contribution is -2.40. The Hall–Kier alpha value is -2.37. The van der Waals surface area contributed by atoms with Crippen molar-refractivity contribution in [2.24, 2.45) is 5.92 Å². The fourth-order valence-electron chi connectivity index (χ4n) is 2.58. The van der Waals surface area contributed by atoms with Gasteiger partial charge in [-0.05, 0) is 31.0 Å². The second kappa shape index (κ2) is 7.06. The summed E-state index contributed by atoms with van der Waals surface area (Å²) < 4.78 is 0. The number of carbonyl (C=O) groups excluding carboxylic acids is 3. The van der Waals surface area contributed by atoms with Crippen molar-refractivity contribution < 1.29 is 14.4 Å². The van der Waals surface area contributed by atoms with Crippen LogP contribution in [0.5, 0.6) is 0 Å². The molecule has 0 spiro atoms. The lowest BCUT2D eigenvalue weighted by molar-refractivity contribution is -0.132. The Balaban J connectivity index is 1.92. The number of likely N-dealkylation sites (tertiary alicyclic amines) is 1. The van der Waals surface area contributed by atoms with E-state index in [2.05, 4.69) is 10.6 Å². The molecule has 0 unspecified atom stereocenters. The van der Waals surface area contributed by atoms with Crippen LogP contribution in [0.25, 0.3) is 0 Å². The second-order valence-electron chi connectivity index (χ2n) is 5.53. The summed E-state index contributed by atoms with van der Waals surface area (Å²) >= 11 is 0. The summed E-state index contributed by atoms with van der Waals surface area (Å²) in [7, 11) is 0. The number of benzene rings is 1. The average molecular weight is 303 g/mol. The molecule has 6 nitrogen and oxygen atoms in total. The number of nitrogens with one attached hydrogen (secondary N) is 2. The molecule has 3 amide bonds. The number of rotatable bonds is 3. The lowest BCUT2D eigenvalue weighted by Gasteiger charge is -2.30. The summed E-state index contributed by atoms with van der Waals surface area (Å²) in [6.07, 6.45) is 1.35. The molecule has 6 heteroatoms. The van der Waals surface area contributed by atoms with Crippen molar-refractivity contribution >= 4 is 29.1 Å². The van der Waals surface area contributed by atoms with Crippen LogP contribution in [-0.2, 0) is 14.4 Å². The van der Waals surface area contributed by atoms with Crippen molar-refractivity contribution in [2.45, 2.75) is 26.7 Å². The van der Waals surface area contributed by atoms with Gasteiger partial charge in [-0.15, -0.1) is 0 Å². The van der Waals surface area contributed by atoms with E-state index in [0.29, 0.717) is 37.3 Å². The van der Waals surface area contributed by atoms with Gasteiger partial charge in [0.15, 0.2) is 0 Å². The van der Waals surface area contributed by atoms with Gasteiger partial charge >= 0.3 is 0 Å². The van der Waals surface area contributed by atoms with Crippen LogP contribution < -0.4 is 10.6 Å². The predicted octanol–water partition coefficient (Wildman–Crippen LogP) is 1.84. The van der Waals surface area contributed by atoms with Gasteiger partial charge in [0.2, 0.25) is 17.7 Å². The lowest BCUT2D eigenvalue weighted by atomic mass is 9.96. The highest BCUT2D eigenvalue weighted by molar-refractivity contribution is 5.94. The van der Waals surface area contributed by atoms with Gasteiger partial charge in [-0.25, -0.2) is 0 Å². The summed E-state index contributed by atoms with van der Waals surface area (Å²) in [5, 5.41) is 5.56. The summed E-state index contributed by atoms with van der Waals surface area (Å²) in [5.41, 5.74) is 1.31. The molecule has 2 rings (SSSR count). The van der Waals surface area contributed by atoms with Gasteiger partial charge in [-0.3, -0.25) is 14.4 Å². The Morgan fingerprint density at radius 3 is 2.18 bits per heavy atom. The Labute approximate surface area is 129 Å². The van der Waals surface area contributed by atoms with Crippen LogP contribution >= 0.6 is 0 Å². The van der Waals surface area contributed by atoms with E-state index in [-0.39, 0.29) is 23.6 Å². The molecule has 1 saturated heterocycles. The molecule has 2 N–H and O–H groups in total. The van der Waals surface area contributed by atoms with Gasteiger partial charge in [0, 0.05) is 44.2 Å². The predicted molar refractivity (Wildman–Crippen MR) is 84.4 cm³/mol. The molecule has 0 aliphatic carbocycles. The van der Waals surface area contributed by atoms with E-state index >= 15 is 0 Å². The number of anilines is 2. The molecular formula is C16H21N3O3. The Morgan fingerprint density at radius 2 is 1.64 bits per heavy atom. The number of amides is 3. The number of nitrogens with zero attached hydrogens (tertiary/aromatic N) is 1. The first-order valence-corrected chi connectivity index (χ1v) is 7.39. The highest BCUT2D eigenvalue weighted by Crippen LogP contribution is 2.21. The van der Waals surface area contributed by atoms with Crippen molar-refractivity contribution in [3.05, 3.63) is 24.3 Å². The smallest absolute Gasteiger partial charge is 0.227 e. The van der Waals surface area contributed by atoms with E-state index in [9.17, 15) is 14.4 Å². The number of hydrogen-bond donors (Lipinski definition) is 2. The van der Waals surface area contributed by atoms with Crippen LogP contribution in [-0.4, -0.2) is 35.7 Å². The van der Waals surface area contributed by atoms with Gasteiger partial charge in [-0.2, -0.15) is 0 Å². The summed E-state index contributed by atoms with van der Waals surface area (Å²) in [4.78, 5) is 36.4. The standard InChI is InChI=1S/C16H21N3O3/c1-11(20)17-14-4-3-5-15(10-14)18-16(22)13-6-8-19(9-7-13)12(2)21/h3-5,10,13H,6-9H2,1-2H3,(H,17,20)(H,18,22). The third-order valence-corrected chi connectivity index (χ3v) is 3.76. The molecule has 1 aliphatic heterocycles. The first kappa shape index (κ1) is 16.0. The monoisotopic (exact) mass is 303 g/mol. The molecule has 0 radical (unpaired) electrons. The average Bonchev–Trinajstić information content (AvgIpc) is 2.47. The highest BCUT2D eigenvalue weighted by Gasteiger charge is 2.25. The van der Waals surface area contributed by atoms with Gasteiger partial charge in [-0.1, -0.05) is 6.07 Å². The molecule has 1 heterocycles. The zero-order valence-electron chi connectivity index (χ0n) is 12.9. The zero-order chi connectivity index (χ0) is 16.1. The summed E-state index contributed by atoms with van der Waals surface area (Å²) in [6, 6.07) is 7.06. The van der Waals surface area contributed by atoms with Crippen molar-refractivity contribution in [1.29, 1.82) is 0 Å². The molecule has 1 aromatic carbocycles. The molecule has 1 aliphatic rings. The fourth-order valence-corrected chi connectivity index (χ4v) is 2.58. The number of piperidine rings is 1. The van der Waals surface area contributed by atoms with E-state index in [4.69, 9.17) is 0 Å². The normalized spacial score (nSPS) is 15.3. The molecule has 118 valence electrons. The van der Waals surface area contributed by atoms with E-state index in [1.165, 1.54) is 6.92 Å². The maximum Gasteiger partial charge on any atom is 0.227 e. The third-order valence-electron chi connectivity index (χ3n) is 3.76. The second-order valence-corrected chi connectivity index (χ2v) is 5.53. The number of carbonyl (C=O) groups is 3. The molecule has 22 heavy (non-hydrogen) atoms. The highest BCUT2D eigenvalue weighted by atomic mass is 16.2. The first-order chi connectivity index (χ1) is 10.5. The van der Waals surface area contributed by atoms with Crippen molar-refractivity contribution in [2.75, 3.05) is 23.7 Å². The largest absolute Gasteiger partial charge is 0.343 e. The minimum Gasteiger partial charge on any atom is -0.343 e. The van der Waals surface area contributed by atoms with Crippen LogP contribution in [0, 0.1) is 5.92 Å². The van der Waals surface area contributed by atoms with E-state index in [1.54, 1.807) is 36.1 Å². The SMILES string of the molecule is CC(=O)Nc1cccc(NC(=O)C2CCN(C(C)=O)CC2)c1. The van der Waals surface area contributed by atoms with Crippen molar-refractivity contribution in [3.8, 4) is 0 Å². The maximum atomic E-state index is 12.3. The quantitative estimate of drug-likeness (QED) is 0.894. The third kappa shape index (κ3) is 4.31. The van der Waals surface area contributed by atoms with Gasteiger partial charge in [0.25, 0.3) is 0 Å². The van der Waals surface area contributed by atoms with E-state index < -0.39 is 0 Å². The number of hydrogen-bond acceptors (Lipinski definition) is 3.